The number of ether oxygens (including phenoxy) is 1. The first-order valence-corrected chi connectivity index (χ1v) is 6.46. The number of hydrogen-bond acceptors (Lipinski definition) is 3. The highest BCUT2D eigenvalue weighted by atomic mass is 16.5. The minimum atomic E-state index is 0.313. The molecule has 0 spiro atoms. The van der Waals surface area contributed by atoms with Gasteiger partial charge < -0.3 is 10.5 Å². The first-order chi connectivity index (χ1) is 7.77. The van der Waals surface area contributed by atoms with E-state index in [1.807, 2.05) is 0 Å². The second-order valence-corrected chi connectivity index (χ2v) is 4.93. The van der Waals surface area contributed by atoms with Gasteiger partial charge in [-0.15, -0.1) is 0 Å². The van der Waals surface area contributed by atoms with Gasteiger partial charge in [-0.2, -0.15) is 0 Å². The highest BCUT2D eigenvalue weighted by molar-refractivity contribution is 5.76. The second-order valence-electron chi connectivity index (χ2n) is 4.93. The van der Waals surface area contributed by atoms with Crippen LogP contribution in [0.4, 0.5) is 0 Å². The molecule has 4 heteroatoms. The van der Waals surface area contributed by atoms with Gasteiger partial charge in [0.15, 0.2) is 0 Å². The Labute approximate surface area is 97.6 Å². The SMILES string of the molecule is N=C(N)CCCN1CCOC2CCCCC21. The predicted molar refractivity (Wildman–Crippen MR) is 64.7 cm³/mol. The molecule has 2 fully saturated rings. The largest absolute Gasteiger partial charge is 0.388 e. The zero-order valence-electron chi connectivity index (χ0n) is 9.95. The molecule has 0 aromatic rings. The van der Waals surface area contributed by atoms with Crippen LogP contribution in [-0.2, 0) is 4.74 Å². The second kappa shape index (κ2) is 5.64. The van der Waals surface area contributed by atoms with Crippen molar-refractivity contribution in [3.63, 3.8) is 0 Å². The van der Waals surface area contributed by atoms with Crippen LogP contribution in [0.5, 0.6) is 0 Å². The lowest BCUT2D eigenvalue weighted by atomic mass is 9.90. The van der Waals surface area contributed by atoms with E-state index in [9.17, 15) is 0 Å². The van der Waals surface area contributed by atoms with Crippen molar-refractivity contribution in [1.29, 1.82) is 5.41 Å². The molecule has 2 aliphatic rings. The summed E-state index contributed by atoms with van der Waals surface area (Å²) in [6, 6.07) is 0.634. The number of nitrogens with two attached hydrogens (primary N) is 1. The minimum Gasteiger partial charge on any atom is -0.388 e. The van der Waals surface area contributed by atoms with Gasteiger partial charge in [-0.05, 0) is 25.8 Å². The van der Waals surface area contributed by atoms with Crippen LogP contribution >= 0.6 is 0 Å². The predicted octanol–water partition coefficient (Wildman–Crippen LogP) is 1.35. The van der Waals surface area contributed by atoms with Crippen LogP contribution in [0.3, 0.4) is 0 Å². The Morgan fingerprint density at radius 2 is 2.19 bits per heavy atom. The maximum absolute atomic E-state index is 7.23. The van der Waals surface area contributed by atoms with Gasteiger partial charge in [-0.3, -0.25) is 10.3 Å². The molecule has 16 heavy (non-hydrogen) atoms. The van der Waals surface area contributed by atoms with Gasteiger partial charge in [-0.25, -0.2) is 0 Å². The standard InChI is InChI=1S/C12H23N3O/c13-12(14)6-3-7-15-8-9-16-11-5-2-1-4-10(11)15/h10-11H,1-9H2,(H3,13,14). The van der Waals surface area contributed by atoms with E-state index in [4.69, 9.17) is 15.9 Å². The fraction of sp³-hybridized carbons (Fsp3) is 0.917. The molecular formula is C12H23N3O. The number of amidine groups is 1. The van der Waals surface area contributed by atoms with Crippen LogP contribution in [0.25, 0.3) is 0 Å². The number of nitrogens with one attached hydrogen (secondary N) is 1. The van der Waals surface area contributed by atoms with Gasteiger partial charge in [-0.1, -0.05) is 12.8 Å². The third kappa shape index (κ3) is 2.95. The Balaban J connectivity index is 1.80. The molecule has 1 saturated carbocycles. The monoisotopic (exact) mass is 225 g/mol. The van der Waals surface area contributed by atoms with Crippen molar-refractivity contribution in [3.8, 4) is 0 Å². The van der Waals surface area contributed by atoms with Crippen molar-refractivity contribution >= 4 is 5.84 Å². The van der Waals surface area contributed by atoms with E-state index >= 15 is 0 Å². The summed E-state index contributed by atoms with van der Waals surface area (Å²) in [7, 11) is 0. The lowest BCUT2D eigenvalue weighted by Gasteiger charge is -2.43. The summed E-state index contributed by atoms with van der Waals surface area (Å²) in [6.07, 6.45) is 7.39. The minimum absolute atomic E-state index is 0.313. The van der Waals surface area contributed by atoms with Crippen LogP contribution in [0, 0.1) is 5.41 Å². The van der Waals surface area contributed by atoms with Crippen molar-refractivity contribution < 1.29 is 4.74 Å². The Morgan fingerprint density at radius 3 is 3.00 bits per heavy atom. The topological polar surface area (TPSA) is 62.3 Å². The molecule has 92 valence electrons. The normalized spacial score (nSPS) is 31.0. The van der Waals surface area contributed by atoms with E-state index in [0.717, 1.165) is 32.5 Å². The Hall–Kier alpha value is -0.610. The lowest BCUT2D eigenvalue weighted by Crippen LogP contribution is -2.52. The van der Waals surface area contributed by atoms with E-state index in [0.29, 0.717) is 18.0 Å². The molecule has 1 heterocycles. The zero-order valence-corrected chi connectivity index (χ0v) is 9.95. The molecule has 1 aliphatic heterocycles. The summed E-state index contributed by atoms with van der Waals surface area (Å²) in [5.74, 6) is 0.313. The zero-order chi connectivity index (χ0) is 11.4. The van der Waals surface area contributed by atoms with E-state index in [1.54, 1.807) is 0 Å². The smallest absolute Gasteiger partial charge is 0.0905 e. The molecule has 0 radical (unpaired) electrons. The van der Waals surface area contributed by atoms with Crippen molar-refractivity contribution in [3.05, 3.63) is 0 Å². The van der Waals surface area contributed by atoms with E-state index < -0.39 is 0 Å². The third-order valence-electron chi connectivity index (χ3n) is 3.74. The van der Waals surface area contributed by atoms with Gasteiger partial charge in [0.05, 0.1) is 18.5 Å². The number of hydrogen-bond donors (Lipinski definition) is 2. The number of rotatable bonds is 4. The van der Waals surface area contributed by atoms with Gasteiger partial charge in [0, 0.05) is 19.0 Å². The van der Waals surface area contributed by atoms with Gasteiger partial charge in [0.2, 0.25) is 0 Å². The van der Waals surface area contributed by atoms with Gasteiger partial charge in [0.25, 0.3) is 0 Å². The molecule has 0 aromatic carbocycles. The highest BCUT2D eigenvalue weighted by Gasteiger charge is 2.33. The Bertz CT molecular complexity index is 242. The fourth-order valence-corrected chi connectivity index (χ4v) is 2.93. The van der Waals surface area contributed by atoms with E-state index in [-0.39, 0.29) is 0 Å². The molecule has 0 bridgehead atoms. The van der Waals surface area contributed by atoms with Crippen molar-refractivity contribution in [1.82, 2.24) is 4.90 Å². The summed E-state index contributed by atoms with van der Waals surface area (Å²) in [5, 5.41) is 7.23. The molecule has 2 rings (SSSR count). The van der Waals surface area contributed by atoms with E-state index in [2.05, 4.69) is 4.90 Å². The van der Waals surface area contributed by atoms with Gasteiger partial charge in [0.1, 0.15) is 0 Å². The Kier molecular flexibility index (Phi) is 4.18. The molecule has 0 amide bonds. The van der Waals surface area contributed by atoms with Crippen LogP contribution in [0.2, 0.25) is 0 Å². The quantitative estimate of drug-likeness (QED) is 0.561. The summed E-state index contributed by atoms with van der Waals surface area (Å²) < 4.78 is 5.83. The van der Waals surface area contributed by atoms with Gasteiger partial charge >= 0.3 is 0 Å². The molecule has 3 N–H and O–H groups in total. The summed E-state index contributed by atoms with van der Waals surface area (Å²) in [4.78, 5) is 2.55. The molecule has 2 unspecified atom stereocenters. The molecule has 0 aromatic heterocycles. The first-order valence-electron chi connectivity index (χ1n) is 6.46. The fourth-order valence-electron chi connectivity index (χ4n) is 2.93. The van der Waals surface area contributed by atoms with E-state index in [1.165, 1.54) is 25.7 Å². The third-order valence-corrected chi connectivity index (χ3v) is 3.74. The molecule has 1 saturated heterocycles. The van der Waals surface area contributed by atoms with Crippen LogP contribution in [-0.4, -0.2) is 42.6 Å². The van der Waals surface area contributed by atoms with Crippen LogP contribution < -0.4 is 5.73 Å². The molecule has 2 atom stereocenters. The van der Waals surface area contributed by atoms with Crippen LogP contribution in [0.1, 0.15) is 38.5 Å². The number of morpholine rings is 1. The Morgan fingerprint density at radius 1 is 1.38 bits per heavy atom. The number of fused-ring (bicyclic) bond motifs is 1. The van der Waals surface area contributed by atoms with Crippen LogP contribution in [0.15, 0.2) is 0 Å². The summed E-state index contributed by atoms with van der Waals surface area (Å²) in [6.45, 7) is 3.00. The van der Waals surface area contributed by atoms with Crippen molar-refractivity contribution in [2.75, 3.05) is 19.7 Å². The maximum atomic E-state index is 7.23. The summed E-state index contributed by atoms with van der Waals surface area (Å²) in [5.41, 5.74) is 5.38. The average Bonchev–Trinajstić information content (AvgIpc) is 2.29. The van der Waals surface area contributed by atoms with Crippen molar-refractivity contribution in [2.24, 2.45) is 5.73 Å². The first kappa shape index (κ1) is 11.9. The number of nitrogens with zero attached hydrogens (tertiary/aromatic N) is 1. The average molecular weight is 225 g/mol. The molecular weight excluding hydrogens is 202 g/mol. The maximum Gasteiger partial charge on any atom is 0.0905 e. The lowest BCUT2D eigenvalue weighted by molar-refractivity contribution is -0.0880. The molecule has 1 aliphatic carbocycles. The highest BCUT2D eigenvalue weighted by Crippen LogP contribution is 2.28. The molecule has 4 nitrogen and oxygen atoms in total. The van der Waals surface area contributed by atoms with Crippen molar-refractivity contribution in [2.45, 2.75) is 50.7 Å². The summed E-state index contributed by atoms with van der Waals surface area (Å²) >= 11 is 0.